The van der Waals surface area contributed by atoms with E-state index in [2.05, 4.69) is 11.9 Å². The van der Waals surface area contributed by atoms with E-state index in [9.17, 15) is 9.59 Å². The number of nitrogens with one attached hydrogen (secondary N) is 1. The molecule has 0 saturated heterocycles. The van der Waals surface area contributed by atoms with E-state index < -0.39 is 17.9 Å². The largest absolute Gasteiger partial charge is 0.480 e. The van der Waals surface area contributed by atoms with Crippen LogP contribution in [0.3, 0.4) is 0 Å². The molecule has 0 bridgehead atoms. The van der Waals surface area contributed by atoms with Gasteiger partial charge < -0.3 is 10.4 Å². The minimum atomic E-state index is -1.02. The highest BCUT2D eigenvalue weighted by atomic mass is 16.4. The van der Waals surface area contributed by atoms with Gasteiger partial charge >= 0.3 is 5.97 Å². The summed E-state index contributed by atoms with van der Waals surface area (Å²) in [6, 6.07) is -0.811. The fraction of sp³-hybridized carbons (Fsp3) is 0.500. The first-order valence-electron chi connectivity index (χ1n) is 3.68. The molecule has 0 heterocycles. The van der Waals surface area contributed by atoms with Gasteiger partial charge in [0.25, 0.3) is 0 Å². The summed E-state index contributed by atoms with van der Waals surface area (Å²) in [5.74, 6) is -1.43. The smallest absolute Gasteiger partial charge is 0.326 e. The zero-order chi connectivity index (χ0) is 9.72. The van der Waals surface area contributed by atoms with E-state index in [1.807, 2.05) is 0 Å². The zero-order valence-corrected chi connectivity index (χ0v) is 7.26. The summed E-state index contributed by atoms with van der Waals surface area (Å²) in [6.45, 7) is 6.62. The van der Waals surface area contributed by atoms with E-state index in [-0.39, 0.29) is 0 Å². The molecule has 68 valence electrons. The van der Waals surface area contributed by atoms with E-state index in [1.54, 1.807) is 6.92 Å². The standard InChI is InChI=1S/C8H13NO3/c1-4-6(8(11)12)9-7(10)5(2)3/h6H,2,4H2,1,3H3,(H,9,10)(H,11,12)/t6-/m0/s1. The molecule has 1 amide bonds. The van der Waals surface area contributed by atoms with E-state index in [0.717, 1.165) is 0 Å². The number of amides is 1. The van der Waals surface area contributed by atoms with Gasteiger partial charge in [0.15, 0.2) is 0 Å². The van der Waals surface area contributed by atoms with Gasteiger partial charge in [0.05, 0.1) is 0 Å². The highest BCUT2D eigenvalue weighted by molar-refractivity contribution is 5.94. The Labute approximate surface area is 71.3 Å². The van der Waals surface area contributed by atoms with Crippen molar-refractivity contribution < 1.29 is 14.7 Å². The average Bonchev–Trinajstić information content (AvgIpc) is 1.98. The molecule has 0 unspecified atom stereocenters. The molecule has 0 spiro atoms. The third-order valence-corrected chi connectivity index (χ3v) is 1.40. The lowest BCUT2D eigenvalue weighted by Crippen LogP contribution is -2.40. The predicted molar refractivity (Wildman–Crippen MR) is 44.7 cm³/mol. The number of aliphatic carboxylic acids is 1. The highest BCUT2D eigenvalue weighted by Gasteiger charge is 2.17. The fourth-order valence-electron chi connectivity index (χ4n) is 0.620. The molecule has 0 aliphatic heterocycles. The van der Waals surface area contributed by atoms with Gasteiger partial charge in [-0.05, 0) is 13.3 Å². The van der Waals surface area contributed by atoms with E-state index >= 15 is 0 Å². The van der Waals surface area contributed by atoms with Crippen LogP contribution in [0, 0.1) is 0 Å². The van der Waals surface area contributed by atoms with Crippen LogP contribution in [-0.2, 0) is 9.59 Å². The van der Waals surface area contributed by atoms with Crippen LogP contribution >= 0.6 is 0 Å². The fourth-order valence-corrected chi connectivity index (χ4v) is 0.620. The van der Waals surface area contributed by atoms with Gasteiger partial charge in [-0.2, -0.15) is 0 Å². The Balaban J connectivity index is 4.12. The summed E-state index contributed by atoms with van der Waals surface area (Å²) >= 11 is 0. The Kier molecular flexibility index (Phi) is 4.04. The first-order chi connectivity index (χ1) is 5.49. The van der Waals surface area contributed by atoms with Crippen molar-refractivity contribution in [2.75, 3.05) is 0 Å². The lowest BCUT2D eigenvalue weighted by Gasteiger charge is -2.11. The lowest BCUT2D eigenvalue weighted by atomic mass is 10.2. The maximum Gasteiger partial charge on any atom is 0.326 e. The molecule has 0 aliphatic rings. The summed E-state index contributed by atoms with van der Waals surface area (Å²) in [7, 11) is 0. The Morgan fingerprint density at radius 2 is 2.08 bits per heavy atom. The topological polar surface area (TPSA) is 66.4 Å². The Bertz CT molecular complexity index is 210. The molecule has 4 heteroatoms. The van der Waals surface area contributed by atoms with Gasteiger partial charge in [-0.3, -0.25) is 4.79 Å². The number of carboxylic acid groups (broad SMARTS) is 1. The van der Waals surface area contributed by atoms with Crippen molar-refractivity contribution in [3.63, 3.8) is 0 Å². The third-order valence-electron chi connectivity index (χ3n) is 1.40. The molecule has 0 fully saturated rings. The number of carbonyl (C=O) groups excluding carboxylic acids is 1. The quantitative estimate of drug-likeness (QED) is 0.607. The maximum absolute atomic E-state index is 10.9. The molecular weight excluding hydrogens is 158 g/mol. The number of hydrogen-bond acceptors (Lipinski definition) is 2. The summed E-state index contributed by atoms with van der Waals surface area (Å²) in [4.78, 5) is 21.4. The molecule has 0 aliphatic carbocycles. The first-order valence-corrected chi connectivity index (χ1v) is 3.68. The number of rotatable bonds is 4. The second kappa shape index (κ2) is 4.54. The van der Waals surface area contributed by atoms with Crippen LogP contribution in [0.4, 0.5) is 0 Å². The van der Waals surface area contributed by atoms with E-state index in [1.165, 1.54) is 6.92 Å². The Hall–Kier alpha value is -1.32. The SMILES string of the molecule is C=C(C)C(=O)N[C@@H](CC)C(=O)O. The minimum Gasteiger partial charge on any atom is -0.480 e. The van der Waals surface area contributed by atoms with Crippen molar-refractivity contribution in [3.8, 4) is 0 Å². The van der Waals surface area contributed by atoms with Crippen molar-refractivity contribution in [2.45, 2.75) is 26.3 Å². The second-order valence-electron chi connectivity index (χ2n) is 2.55. The normalized spacial score (nSPS) is 11.8. The van der Waals surface area contributed by atoms with Gasteiger partial charge in [-0.25, -0.2) is 4.79 Å². The summed E-state index contributed by atoms with van der Waals surface area (Å²) in [5, 5.41) is 10.9. The van der Waals surface area contributed by atoms with Gasteiger partial charge in [0.2, 0.25) is 5.91 Å². The van der Waals surface area contributed by atoms with Crippen LogP contribution in [0.5, 0.6) is 0 Å². The number of hydrogen-bond donors (Lipinski definition) is 2. The van der Waals surface area contributed by atoms with Gasteiger partial charge in [0, 0.05) is 5.57 Å². The van der Waals surface area contributed by atoms with E-state index in [0.29, 0.717) is 12.0 Å². The van der Waals surface area contributed by atoms with Crippen LogP contribution in [0.2, 0.25) is 0 Å². The molecule has 1 atom stereocenters. The van der Waals surface area contributed by atoms with Gasteiger partial charge in [-0.15, -0.1) is 0 Å². The van der Waals surface area contributed by atoms with Crippen LogP contribution < -0.4 is 5.32 Å². The van der Waals surface area contributed by atoms with Gasteiger partial charge in [-0.1, -0.05) is 13.5 Å². The van der Waals surface area contributed by atoms with Crippen molar-refractivity contribution in [1.82, 2.24) is 5.32 Å². The van der Waals surface area contributed by atoms with Crippen LogP contribution in [0.1, 0.15) is 20.3 Å². The molecular formula is C8H13NO3. The molecule has 4 nitrogen and oxygen atoms in total. The minimum absolute atomic E-state index is 0.315. The molecule has 2 N–H and O–H groups in total. The Morgan fingerprint density at radius 1 is 1.58 bits per heavy atom. The molecule has 0 aromatic rings. The summed E-state index contributed by atoms with van der Waals surface area (Å²) < 4.78 is 0. The molecule has 0 aromatic heterocycles. The second-order valence-corrected chi connectivity index (χ2v) is 2.55. The highest BCUT2D eigenvalue weighted by Crippen LogP contribution is 1.94. The third kappa shape index (κ3) is 3.18. The molecule has 0 radical (unpaired) electrons. The lowest BCUT2D eigenvalue weighted by molar-refractivity contribution is -0.141. The van der Waals surface area contributed by atoms with Crippen LogP contribution in [0.25, 0.3) is 0 Å². The van der Waals surface area contributed by atoms with Crippen molar-refractivity contribution in [1.29, 1.82) is 0 Å². The van der Waals surface area contributed by atoms with Crippen molar-refractivity contribution in [2.24, 2.45) is 0 Å². The average molecular weight is 171 g/mol. The predicted octanol–water partition coefficient (Wildman–Crippen LogP) is 0.542. The zero-order valence-electron chi connectivity index (χ0n) is 7.26. The van der Waals surface area contributed by atoms with Crippen molar-refractivity contribution >= 4 is 11.9 Å². The Morgan fingerprint density at radius 3 is 2.33 bits per heavy atom. The van der Waals surface area contributed by atoms with E-state index in [4.69, 9.17) is 5.11 Å². The first kappa shape index (κ1) is 10.7. The molecule has 0 rings (SSSR count). The summed E-state index contributed by atoms with van der Waals surface area (Å²) in [5.41, 5.74) is 0.315. The van der Waals surface area contributed by atoms with Crippen LogP contribution in [0.15, 0.2) is 12.2 Å². The maximum atomic E-state index is 10.9. The van der Waals surface area contributed by atoms with Crippen LogP contribution in [-0.4, -0.2) is 23.0 Å². The molecule has 12 heavy (non-hydrogen) atoms. The molecule has 0 saturated carbocycles. The van der Waals surface area contributed by atoms with Crippen molar-refractivity contribution in [3.05, 3.63) is 12.2 Å². The monoisotopic (exact) mass is 171 g/mol. The van der Waals surface area contributed by atoms with Gasteiger partial charge in [0.1, 0.15) is 6.04 Å². The number of carbonyl (C=O) groups is 2. The number of carboxylic acids is 1. The molecule has 0 aromatic carbocycles. The summed E-state index contributed by atoms with van der Waals surface area (Å²) in [6.07, 6.45) is 0.369.